The number of ether oxygens (including phenoxy) is 2. The van der Waals surface area contributed by atoms with E-state index in [4.69, 9.17) is 9.47 Å². The van der Waals surface area contributed by atoms with Crippen LogP contribution in [0.3, 0.4) is 0 Å². The number of para-hydroxylation sites is 1. The Morgan fingerprint density at radius 3 is 2.12 bits per heavy atom. The minimum atomic E-state index is -3.95. The van der Waals surface area contributed by atoms with Gasteiger partial charge in [0.25, 0.3) is 5.91 Å². The van der Waals surface area contributed by atoms with Gasteiger partial charge in [0, 0.05) is 31.9 Å². The molecule has 9 nitrogen and oxygen atoms in total. The number of carbonyl (C=O) groups excluding carboxylic acids is 2. The molecule has 3 rings (SSSR count). The standard InChI is InChI=1S/C23H29N3O6S/c1-17(24-33(29,30)21-11-9-20(31-3)10-12-21)23(28)32-18(2)22(27)26-15-13-25(14-16-26)19-7-5-4-6-8-19/h4-12,17-18,24H,13-16H2,1-3H3. The number of anilines is 1. The van der Waals surface area contributed by atoms with Crippen LogP contribution in [0, 0.1) is 0 Å². The maximum atomic E-state index is 12.7. The summed E-state index contributed by atoms with van der Waals surface area (Å²) >= 11 is 0. The molecule has 2 atom stereocenters. The van der Waals surface area contributed by atoms with Crippen molar-refractivity contribution in [3.63, 3.8) is 0 Å². The summed E-state index contributed by atoms with van der Waals surface area (Å²) in [6.45, 7) is 5.24. The van der Waals surface area contributed by atoms with Gasteiger partial charge in [0.05, 0.1) is 12.0 Å². The summed E-state index contributed by atoms with van der Waals surface area (Å²) in [5, 5.41) is 0. The van der Waals surface area contributed by atoms with Gasteiger partial charge in [-0.25, -0.2) is 8.42 Å². The van der Waals surface area contributed by atoms with E-state index in [2.05, 4.69) is 9.62 Å². The zero-order valence-corrected chi connectivity index (χ0v) is 19.7. The van der Waals surface area contributed by atoms with Crippen molar-refractivity contribution in [3.05, 3.63) is 54.6 Å². The lowest BCUT2D eigenvalue weighted by atomic mass is 10.2. The number of amides is 1. The normalized spacial score (nSPS) is 16.1. The molecular weight excluding hydrogens is 446 g/mol. The highest BCUT2D eigenvalue weighted by atomic mass is 32.2. The molecule has 10 heteroatoms. The second-order valence-electron chi connectivity index (χ2n) is 7.75. The molecule has 1 fully saturated rings. The molecule has 0 spiro atoms. The number of methoxy groups -OCH3 is 1. The fourth-order valence-electron chi connectivity index (χ4n) is 3.51. The van der Waals surface area contributed by atoms with Crippen LogP contribution in [-0.2, 0) is 24.3 Å². The number of sulfonamides is 1. The molecule has 1 heterocycles. The number of nitrogens with one attached hydrogen (secondary N) is 1. The van der Waals surface area contributed by atoms with Gasteiger partial charge in [0.1, 0.15) is 11.8 Å². The Kier molecular flexibility index (Phi) is 7.93. The summed E-state index contributed by atoms with van der Waals surface area (Å²) in [4.78, 5) is 29.0. The number of benzene rings is 2. The quantitative estimate of drug-likeness (QED) is 0.579. The van der Waals surface area contributed by atoms with Crippen molar-refractivity contribution in [2.24, 2.45) is 0 Å². The summed E-state index contributed by atoms with van der Waals surface area (Å²) in [7, 11) is -2.47. The summed E-state index contributed by atoms with van der Waals surface area (Å²) in [6.07, 6.45) is -1.02. The molecule has 2 aromatic carbocycles. The summed E-state index contributed by atoms with van der Waals surface area (Å²) < 4.78 is 37.6. The van der Waals surface area contributed by atoms with Gasteiger partial charge in [-0.3, -0.25) is 9.59 Å². The van der Waals surface area contributed by atoms with Crippen molar-refractivity contribution in [1.82, 2.24) is 9.62 Å². The number of nitrogens with zero attached hydrogens (tertiary/aromatic N) is 2. The van der Waals surface area contributed by atoms with E-state index in [1.807, 2.05) is 30.3 Å². The first kappa shape index (κ1) is 24.5. The van der Waals surface area contributed by atoms with E-state index in [1.165, 1.54) is 45.2 Å². The number of piperazine rings is 1. The lowest BCUT2D eigenvalue weighted by Gasteiger charge is -2.37. The summed E-state index contributed by atoms with van der Waals surface area (Å²) in [5.41, 5.74) is 1.10. The van der Waals surface area contributed by atoms with E-state index in [0.29, 0.717) is 31.9 Å². The van der Waals surface area contributed by atoms with Gasteiger partial charge in [-0.05, 0) is 50.2 Å². The van der Waals surface area contributed by atoms with Crippen LogP contribution < -0.4 is 14.4 Å². The number of hydrogen-bond donors (Lipinski definition) is 1. The predicted molar refractivity (Wildman–Crippen MR) is 124 cm³/mol. The third-order valence-electron chi connectivity index (χ3n) is 5.41. The van der Waals surface area contributed by atoms with E-state index >= 15 is 0 Å². The van der Waals surface area contributed by atoms with Gasteiger partial charge in [-0.2, -0.15) is 4.72 Å². The number of hydrogen-bond acceptors (Lipinski definition) is 7. The van der Waals surface area contributed by atoms with E-state index in [-0.39, 0.29) is 10.8 Å². The first-order valence-electron chi connectivity index (χ1n) is 10.7. The van der Waals surface area contributed by atoms with Gasteiger partial charge in [0.2, 0.25) is 10.0 Å². The maximum Gasteiger partial charge on any atom is 0.324 e. The van der Waals surface area contributed by atoms with Crippen LogP contribution in [0.1, 0.15) is 13.8 Å². The van der Waals surface area contributed by atoms with Crippen LogP contribution in [0.15, 0.2) is 59.5 Å². The average Bonchev–Trinajstić information content (AvgIpc) is 2.84. The van der Waals surface area contributed by atoms with E-state index < -0.39 is 28.1 Å². The van der Waals surface area contributed by atoms with Crippen LogP contribution in [0.25, 0.3) is 0 Å². The third kappa shape index (κ3) is 6.23. The fourth-order valence-corrected chi connectivity index (χ4v) is 4.70. The number of carbonyl (C=O) groups is 2. The predicted octanol–water partition coefficient (Wildman–Crippen LogP) is 1.64. The lowest BCUT2D eigenvalue weighted by Crippen LogP contribution is -2.52. The molecule has 0 bridgehead atoms. The smallest absolute Gasteiger partial charge is 0.324 e. The zero-order chi connectivity index (χ0) is 24.0. The fraction of sp³-hybridized carbons (Fsp3) is 0.391. The van der Waals surface area contributed by atoms with E-state index in [1.54, 1.807) is 4.90 Å². The molecule has 1 N–H and O–H groups in total. The monoisotopic (exact) mass is 475 g/mol. The zero-order valence-electron chi connectivity index (χ0n) is 18.9. The highest BCUT2D eigenvalue weighted by Gasteiger charge is 2.30. The molecule has 0 radical (unpaired) electrons. The Morgan fingerprint density at radius 2 is 1.55 bits per heavy atom. The van der Waals surface area contributed by atoms with Crippen molar-refractivity contribution in [3.8, 4) is 5.75 Å². The first-order chi connectivity index (χ1) is 15.7. The molecule has 1 saturated heterocycles. The van der Waals surface area contributed by atoms with Crippen molar-refractivity contribution in [2.45, 2.75) is 30.9 Å². The SMILES string of the molecule is COc1ccc(S(=O)(=O)NC(C)C(=O)OC(C)C(=O)N2CCN(c3ccccc3)CC2)cc1. The summed E-state index contributed by atoms with van der Waals surface area (Å²) in [5.74, 6) is -0.615. The second kappa shape index (κ2) is 10.7. The summed E-state index contributed by atoms with van der Waals surface area (Å²) in [6, 6.07) is 14.6. The lowest BCUT2D eigenvalue weighted by molar-refractivity contribution is -0.160. The van der Waals surface area contributed by atoms with Crippen LogP contribution in [0.2, 0.25) is 0 Å². The Balaban J connectivity index is 1.51. The van der Waals surface area contributed by atoms with Crippen molar-refractivity contribution in [2.75, 3.05) is 38.2 Å². The Hall–Kier alpha value is -3.11. The molecule has 1 aliphatic heterocycles. The molecule has 0 aromatic heterocycles. The van der Waals surface area contributed by atoms with E-state index in [0.717, 1.165) is 5.69 Å². The molecule has 1 aliphatic rings. The van der Waals surface area contributed by atoms with Crippen molar-refractivity contribution < 1.29 is 27.5 Å². The van der Waals surface area contributed by atoms with Crippen molar-refractivity contribution in [1.29, 1.82) is 0 Å². The average molecular weight is 476 g/mol. The number of rotatable bonds is 8. The van der Waals surface area contributed by atoms with Crippen LogP contribution >= 0.6 is 0 Å². The molecule has 2 aromatic rings. The van der Waals surface area contributed by atoms with Gasteiger partial charge in [-0.15, -0.1) is 0 Å². The molecule has 0 aliphatic carbocycles. The second-order valence-corrected chi connectivity index (χ2v) is 9.46. The first-order valence-corrected chi connectivity index (χ1v) is 12.2. The minimum absolute atomic E-state index is 0.0108. The molecule has 178 valence electrons. The highest BCUT2D eigenvalue weighted by Crippen LogP contribution is 2.17. The van der Waals surface area contributed by atoms with E-state index in [9.17, 15) is 18.0 Å². The highest BCUT2D eigenvalue weighted by molar-refractivity contribution is 7.89. The van der Waals surface area contributed by atoms with Crippen LogP contribution in [-0.4, -0.2) is 70.6 Å². The van der Waals surface area contributed by atoms with Gasteiger partial charge in [-0.1, -0.05) is 18.2 Å². The van der Waals surface area contributed by atoms with Gasteiger partial charge >= 0.3 is 5.97 Å². The van der Waals surface area contributed by atoms with Gasteiger partial charge < -0.3 is 19.3 Å². The van der Waals surface area contributed by atoms with Gasteiger partial charge in [0.15, 0.2) is 6.10 Å². The Bertz CT molecular complexity index is 1050. The Labute approximate surface area is 194 Å². The third-order valence-corrected chi connectivity index (χ3v) is 6.97. The van der Waals surface area contributed by atoms with Crippen molar-refractivity contribution >= 4 is 27.6 Å². The molecule has 1 amide bonds. The molecule has 33 heavy (non-hydrogen) atoms. The molecular formula is C23H29N3O6S. The van der Waals surface area contributed by atoms with Crippen LogP contribution in [0.5, 0.6) is 5.75 Å². The van der Waals surface area contributed by atoms with Crippen LogP contribution in [0.4, 0.5) is 5.69 Å². The topological polar surface area (TPSA) is 105 Å². The largest absolute Gasteiger partial charge is 0.497 e. The number of esters is 1. The maximum absolute atomic E-state index is 12.7. The molecule has 0 saturated carbocycles. The molecule has 2 unspecified atom stereocenters. The minimum Gasteiger partial charge on any atom is -0.497 e. The Morgan fingerprint density at radius 1 is 0.939 bits per heavy atom.